The van der Waals surface area contributed by atoms with Crippen LogP contribution in [0.15, 0.2) is 48.2 Å². The van der Waals surface area contributed by atoms with E-state index in [1.165, 1.54) is 23.8 Å². The highest BCUT2D eigenvalue weighted by atomic mass is 16.5. The monoisotopic (exact) mass is 370 g/mol. The summed E-state index contributed by atoms with van der Waals surface area (Å²) in [5, 5.41) is 3.07. The van der Waals surface area contributed by atoms with Gasteiger partial charge in [0.25, 0.3) is 0 Å². The fourth-order valence-electron chi connectivity index (χ4n) is 3.11. The van der Waals surface area contributed by atoms with Crippen LogP contribution in [0.5, 0.6) is 5.75 Å². The van der Waals surface area contributed by atoms with Crippen LogP contribution in [-0.4, -0.2) is 43.2 Å². The Bertz CT molecular complexity index is 695. The van der Waals surface area contributed by atoms with Crippen molar-refractivity contribution in [2.75, 3.05) is 26.7 Å². The van der Waals surface area contributed by atoms with E-state index in [0.717, 1.165) is 57.6 Å². The maximum absolute atomic E-state index is 11.6. The van der Waals surface area contributed by atoms with E-state index in [9.17, 15) is 9.59 Å². The predicted octanol–water partition coefficient (Wildman–Crippen LogP) is 3.26. The molecule has 0 saturated heterocycles. The van der Waals surface area contributed by atoms with Crippen molar-refractivity contribution in [3.8, 4) is 5.75 Å². The molecule has 0 atom stereocenters. The van der Waals surface area contributed by atoms with Crippen molar-refractivity contribution in [1.82, 2.24) is 10.2 Å². The molecule has 146 valence electrons. The van der Waals surface area contributed by atoms with Gasteiger partial charge in [-0.15, -0.1) is 0 Å². The van der Waals surface area contributed by atoms with Crippen LogP contribution in [0.25, 0.3) is 0 Å². The first-order valence-electron chi connectivity index (χ1n) is 9.70. The number of nitrogens with zero attached hydrogens (tertiary/aromatic N) is 1. The fraction of sp³-hybridized carbons (Fsp3) is 0.455. The highest BCUT2D eigenvalue weighted by molar-refractivity contribution is 6.16. The molecule has 5 nitrogen and oxygen atoms in total. The van der Waals surface area contributed by atoms with Gasteiger partial charge in [0.1, 0.15) is 5.75 Å². The van der Waals surface area contributed by atoms with Gasteiger partial charge in [0.2, 0.25) is 5.78 Å². The lowest BCUT2D eigenvalue weighted by Crippen LogP contribution is -2.24. The maximum Gasteiger partial charge on any atom is 0.201 e. The van der Waals surface area contributed by atoms with Crippen LogP contribution in [0.2, 0.25) is 0 Å². The first kappa shape index (κ1) is 20.9. The second-order valence-corrected chi connectivity index (χ2v) is 6.68. The Morgan fingerprint density at radius 2 is 1.81 bits per heavy atom. The van der Waals surface area contributed by atoms with Gasteiger partial charge in [-0.25, -0.2) is 0 Å². The van der Waals surface area contributed by atoms with Gasteiger partial charge in [-0.05, 0) is 44.1 Å². The van der Waals surface area contributed by atoms with Crippen molar-refractivity contribution < 1.29 is 14.3 Å². The minimum atomic E-state index is -0.133. The molecule has 0 spiro atoms. The third-order valence-corrected chi connectivity index (χ3v) is 4.70. The molecule has 5 heteroatoms. The molecule has 0 aliphatic heterocycles. The van der Waals surface area contributed by atoms with Gasteiger partial charge in [0.05, 0.1) is 12.8 Å². The minimum Gasteiger partial charge on any atom is -0.496 e. The van der Waals surface area contributed by atoms with Crippen molar-refractivity contribution in [3.63, 3.8) is 0 Å². The molecule has 0 unspecified atom stereocenters. The Morgan fingerprint density at radius 3 is 2.59 bits per heavy atom. The summed E-state index contributed by atoms with van der Waals surface area (Å²) in [7, 11) is 1.71. The molecule has 0 heterocycles. The number of rotatable bonds is 12. The van der Waals surface area contributed by atoms with Crippen LogP contribution in [0.4, 0.5) is 0 Å². The number of unbranched alkanes of at least 4 members (excludes halogenated alkanes) is 3. The third-order valence-electron chi connectivity index (χ3n) is 4.70. The van der Waals surface area contributed by atoms with Crippen molar-refractivity contribution in [2.45, 2.75) is 39.2 Å². The van der Waals surface area contributed by atoms with Crippen molar-refractivity contribution in [3.05, 3.63) is 53.8 Å². The Morgan fingerprint density at radius 1 is 1.04 bits per heavy atom. The standard InChI is InChI=1S/C22H30N2O3/c1-3-24(17-18-10-6-7-11-22(18)27-2)15-9-5-4-8-14-23-20-16-19(25)12-13-21(20)26/h6-7,10-13,16,23H,3-5,8-9,14-15,17H2,1-2H3. The number of ketones is 2. The van der Waals surface area contributed by atoms with Gasteiger partial charge in [-0.1, -0.05) is 38.0 Å². The lowest BCUT2D eigenvalue weighted by Gasteiger charge is -2.21. The fourth-order valence-corrected chi connectivity index (χ4v) is 3.11. The second kappa shape index (κ2) is 11.3. The number of hydrogen-bond acceptors (Lipinski definition) is 5. The van der Waals surface area contributed by atoms with Gasteiger partial charge in [0.15, 0.2) is 5.78 Å². The average molecular weight is 370 g/mol. The van der Waals surface area contributed by atoms with Crippen molar-refractivity contribution in [2.24, 2.45) is 0 Å². The van der Waals surface area contributed by atoms with Gasteiger partial charge >= 0.3 is 0 Å². The van der Waals surface area contributed by atoms with Gasteiger partial charge in [-0.2, -0.15) is 0 Å². The van der Waals surface area contributed by atoms with Crippen LogP contribution < -0.4 is 10.1 Å². The summed E-state index contributed by atoms with van der Waals surface area (Å²) in [6, 6.07) is 8.17. The molecule has 0 radical (unpaired) electrons. The maximum atomic E-state index is 11.6. The topological polar surface area (TPSA) is 58.6 Å². The van der Waals surface area contributed by atoms with E-state index in [0.29, 0.717) is 5.70 Å². The zero-order chi connectivity index (χ0) is 19.5. The largest absolute Gasteiger partial charge is 0.496 e. The molecule has 1 aromatic rings. The summed E-state index contributed by atoms with van der Waals surface area (Å²) in [4.78, 5) is 25.3. The van der Waals surface area contributed by atoms with Crippen molar-refractivity contribution in [1.29, 1.82) is 0 Å². The molecule has 0 saturated carbocycles. The quantitative estimate of drug-likeness (QED) is 0.452. The van der Waals surface area contributed by atoms with Crippen LogP contribution in [0.3, 0.4) is 0 Å². The number of benzene rings is 1. The Kier molecular flexibility index (Phi) is 8.78. The molecular weight excluding hydrogens is 340 g/mol. The highest BCUT2D eigenvalue weighted by Gasteiger charge is 2.12. The zero-order valence-electron chi connectivity index (χ0n) is 16.4. The molecule has 0 bridgehead atoms. The molecule has 1 N–H and O–H groups in total. The number of ether oxygens (including phenoxy) is 1. The van der Waals surface area contributed by atoms with E-state index in [4.69, 9.17) is 4.74 Å². The van der Waals surface area contributed by atoms with Crippen LogP contribution in [0, 0.1) is 0 Å². The molecule has 0 fully saturated rings. The number of carbonyl (C=O) groups excluding carboxylic acids is 2. The number of carbonyl (C=O) groups is 2. The number of methoxy groups -OCH3 is 1. The van der Waals surface area contributed by atoms with Crippen molar-refractivity contribution >= 4 is 11.6 Å². The summed E-state index contributed by atoms with van der Waals surface area (Å²) in [5.41, 5.74) is 1.64. The summed E-state index contributed by atoms with van der Waals surface area (Å²) >= 11 is 0. The molecule has 1 aliphatic rings. The first-order valence-corrected chi connectivity index (χ1v) is 9.70. The Hall–Kier alpha value is -2.40. The molecule has 0 aromatic heterocycles. The molecule has 1 aliphatic carbocycles. The minimum absolute atomic E-state index is 0.121. The predicted molar refractivity (Wildman–Crippen MR) is 108 cm³/mol. The van der Waals surface area contributed by atoms with E-state index < -0.39 is 0 Å². The first-order chi connectivity index (χ1) is 13.1. The summed E-state index contributed by atoms with van der Waals surface area (Å²) in [5.74, 6) is 0.693. The smallest absolute Gasteiger partial charge is 0.201 e. The third kappa shape index (κ3) is 7.02. The molecule has 1 aromatic carbocycles. The molecular formula is C22H30N2O3. The molecule has 2 rings (SSSR count). The van der Waals surface area contributed by atoms with E-state index >= 15 is 0 Å². The number of allylic oxidation sites excluding steroid dienone is 3. The van der Waals surface area contributed by atoms with E-state index in [2.05, 4.69) is 29.3 Å². The normalized spacial score (nSPS) is 13.8. The van der Waals surface area contributed by atoms with E-state index in [1.807, 2.05) is 12.1 Å². The molecule has 0 amide bonds. The number of para-hydroxylation sites is 1. The van der Waals surface area contributed by atoms with Gasteiger partial charge in [-0.3, -0.25) is 14.5 Å². The van der Waals surface area contributed by atoms with Crippen LogP contribution in [0.1, 0.15) is 38.2 Å². The highest BCUT2D eigenvalue weighted by Crippen LogP contribution is 2.19. The number of nitrogens with one attached hydrogen (secondary N) is 1. The Labute approximate surface area is 162 Å². The summed E-state index contributed by atoms with van der Waals surface area (Å²) < 4.78 is 5.44. The SMILES string of the molecule is CCN(CCCCCCNC1=CC(=O)C=CC1=O)Cc1ccccc1OC. The second-order valence-electron chi connectivity index (χ2n) is 6.68. The van der Waals surface area contributed by atoms with Gasteiger partial charge < -0.3 is 10.1 Å². The lowest BCUT2D eigenvalue weighted by atomic mass is 10.1. The Balaban J connectivity index is 1.61. The van der Waals surface area contributed by atoms with Gasteiger partial charge in [0, 0.05) is 24.7 Å². The molecule has 27 heavy (non-hydrogen) atoms. The van der Waals surface area contributed by atoms with E-state index in [-0.39, 0.29) is 11.6 Å². The summed E-state index contributed by atoms with van der Waals surface area (Å²) in [6.07, 6.45) is 8.39. The summed E-state index contributed by atoms with van der Waals surface area (Å²) in [6.45, 7) is 5.88. The zero-order valence-corrected chi connectivity index (χ0v) is 16.4. The number of hydrogen-bond donors (Lipinski definition) is 1. The van der Waals surface area contributed by atoms with E-state index in [1.54, 1.807) is 7.11 Å². The van der Waals surface area contributed by atoms with Crippen LogP contribution >= 0.6 is 0 Å². The van der Waals surface area contributed by atoms with Crippen LogP contribution in [-0.2, 0) is 16.1 Å². The average Bonchev–Trinajstić information content (AvgIpc) is 2.69. The lowest BCUT2D eigenvalue weighted by molar-refractivity contribution is -0.114.